The zero-order valence-electron chi connectivity index (χ0n) is 11.0. The minimum absolute atomic E-state index is 0.162. The van der Waals surface area contributed by atoms with Crippen molar-refractivity contribution < 1.29 is 19.6 Å². The molecule has 0 saturated carbocycles. The Morgan fingerprint density at radius 3 is 2.86 bits per heavy atom. The maximum Gasteiger partial charge on any atom is 0.294 e. The first kappa shape index (κ1) is 14.7. The van der Waals surface area contributed by atoms with Gasteiger partial charge in [0.15, 0.2) is 0 Å². The van der Waals surface area contributed by atoms with E-state index < -0.39 is 16.9 Å². The molecule has 9 heteroatoms. The quantitative estimate of drug-likeness (QED) is 0.434. The van der Waals surface area contributed by atoms with E-state index in [1.807, 2.05) is 0 Å². The lowest BCUT2D eigenvalue weighted by Gasteiger charge is -2.18. The number of carbonyl (C=O) groups excluding carboxylic acids is 2. The summed E-state index contributed by atoms with van der Waals surface area (Å²) in [7, 11) is 0. The van der Waals surface area contributed by atoms with E-state index in [0.29, 0.717) is 18.5 Å². The molecule has 1 aromatic carbocycles. The van der Waals surface area contributed by atoms with Crippen molar-refractivity contribution in [2.45, 2.75) is 18.9 Å². The molecular formula is C12H14N4O5. The summed E-state index contributed by atoms with van der Waals surface area (Å²) < 4.78 is 0. The molecule has 0 aromatic heterocycles. The maximum atomic E-state index is 11.3. The smallest absolute Gasteiger partial charge is 0.294 e. The lowest BCUT2D eigenvalue weighted by Crippen LogP contribution is -2.34. The number of rotatable bonds is 5. The van der Waals surface area contributed by atoms with Gasteiger partial charge in [0.2, 0.25) is 11.8 Å². The molecule has 0 aliphatic carbocycles. The largest absolute Gasteiger partial charge is 0.381 e. The number of hydrogen-bond acceptors (Lipinski definition) is 6. The Bertz CT molecular complexity index is 616. The average molecular weight is 294 g/mol. The molecule has 1 heterocycles. The molecule has 1 aromatic rings. The monoisotopic (exact) mass is 294 g/mol. The van der Waals surface area contributed by atoms with Crippen LogP contribution in [0.25, 0.3) is 0 Å². The number of hydrogen-bond donors (Lipinski definition) is 4. The van der Waals surface area contributed by atoms with Crippen molar-refractivity contribution in [1.29, 1.82) is 0 Å². The van der Waals surface area contributed by atoms with Crippen LogP contribution in [0.3, 0.4) is 0 Å². The second kappa shape index (κ2) is 5.75. The van der Waals surface area contributed by atoms with Crippen LogP contribution in [0.5, 0.6) is 0 Å². The van der Waals surface area contributed by atoms with E-state index in [9.17, 15) is 24.8 Å². The number of nitro benzene ring substituents is 1. The number of nitrogens with two attached hydrogens (primary N) is 1. The van der Waals surface area contributed by atoms with Crippen molar-refractivity contribution in [1.82, 2.24) is 0 Å². The molecule has 0 radical (unpaired) electrons. The van der Waals surface area contributed by atoms with E-state index in [4.69, 9.17) is 5.73 Å². The number of benzene rings is 1. The van der Waals surface area contributed by atoms with Crippen LogP contribution < -0.4 is 16.4 Å². The lowest BCUT2D eigenvalue weighted by atomic mass is 10.0. The van der Waals surface area contributed by atoms with E-state index in [1.165, 1.54) is 12.1 Å². The van der Waals surface area contributed by atoms with Gasteiger partial charge in [-0.1, -0.05) is 0 Å². The number of aliphatic hydroxyl groups excluding tert-OH is 1. The molecule has 1 aliphatic heterocycles. The SMILES string of the molecule is NC(=O)C(O)CNc1cc2c(cc1[N+](=O)[O-])NC(=O)CC2. The van der Waals surface area contributed by atoms with E-state index in [-0.39, 0.29) is 23.8 Å². The predicted octanol–water partition coefficient (Wildman–Crippen LogP) is -0.262. The topological polar surface area (TPSA) is 148 Å². The number of primary amides is 1. The molecule has 0 spiro atoms. The van der Waals surface area contributed by atoms with Crippen molar-refractivity contribution in [3.05, 3.63) is 27.8 Å². The van der Waals surface area contributed by atoms with E-state index in [0.717, 1.165) is 5.56 Å². The number of anilines is 2. The van der Waals surface area contributed by atoms with Crippen molar-refractivity contribution in [2.24, 2.45) is 5.73 Å². The zero-order valence-corrected chi connectivity index (χ0v) is 11.0. The highest BCUT2D eigenvalue weighted by Gasteiger charge is 2.23. The van der Waals surface area contributed by atoms with Crippen LogP contribution in [0, 0.1) is 10.1 Å². The molecule has 5 N–H and O–H groups in total. The standard InChI is InChI=1S/C12H14N4O5/c13-12(19)10(17)5-14-8-3-6-1-2-11(18)15-7(6)4-9(8)16(20)21/h3-4,10,14,17H,1-2,5H2,(H2,13,19)(H,15,18). The van der Waals surface area contributed by atoms with Gasteiger partial charge in [0, 0.05) is 12.5 Å². The second-order valence-electron chi connectivity index (χ2n) is 4.63. The Balaban J connectivity index is 2.29. The highest BCUT2D eigenvalue weighted by atomic mass is 16.6. The summed E-state index contributed by atoms with van der Waals surface area (Å²) in [6, 6.07) is 2.78. The van der Waals surface area contributed by atoms with Crippen LogP contribution in [0.1, 0.15) is 12.0 Å². The summed E-state index contributed by atoms with van der Waals surface area (Å²) in [6.07, 6.45) is -0.680. The molecular weight excluding hydrogens is 280 g/mol. The van der Waals surface area contributed by atoms with E-state index in [1.54, 1.807) is 0 Å². The second-order valence-corrected chi connectivity index (χ2v) is 4.63. The van der Waals surface area contributed by atoms with Crippen LogP contribution >= 0.6 is 0 Å². The number of nitrogens with one attached hydrogen (secondary N) is 2. The van der Waals surface area contributed by atoms with Crippen molar-refractivity contribution in [3.8, 4) is 0 Å². The molecule has 0 fully saturated rings. The molecule has 21 heavy (non-hydrogen) atoms. The van der Waals surface area contributed by atoms with Gasteiger partial charge in [0.1, 0.15) is 11.8 Å². The molecule has 9 nitrogen and oxygen atoms in total. The Morgan fingerprint density at radius 1 is 1.52 bits per heavy atom. The van der Waals surface area contributed by atoms with Crippen molar-refractivity contribution in [2.75, 3.05) is 17.2 Å². The fourth-order valence-electron chi connectivity index (χ4n) is 2.02. The fraction of sp³-hybridized carbons (Fsp3) is 0.333. The van der Waals surface area contributed by atoms with E-state index in [2.05, 4.69) is 10.6 Å². The van der Waals surface area contributed by atoms with Crippen LogP contribution in [-0.4, -0.2) is 34.5 Å². The Kier molecular flexibility index (Phi) is 4.03. The first-order chi connectivity index (χ1) is 9.88. The van der Waals surface area contributed by atoms with Gasteiger partial charge in [-0.2, -0.15) is 0 Å². The number of fused-ring (bicyclic) bond motifs is 1. The van der Waals surface area contributed by atoms with Gasteiger partial charge < -0.3 is 21.5 Å². The van der Waals surface area contributed by atoms with Gasteiger partial charge in [-0.25, -0.2) is 0 Å². The number of aryl methyl sites for hydroxylation is 1. The summed E-state index contributed by atoms with van der Waals surface area (Å²) in [5, 5.41) is 25.6. The molecule has 1 atom stereocenters. The Morgan fingerprint density at radius 2 is 2.24 bits per heavy atom. The van der Waals surface area contributed by atoms with Crippen LogP contribution in [-0.2, 0) is 16.0 Å². The number of carbonyl (C=O) groups is 2. The average Bonchev–Trinajstić information content (AvgIpc) is 2.43. The third kappa shape index (κ3) is 3.26. The Labute approximate surface area is 119 Å². The number of amides is 2. The zero-order chi connectivity index (χ0) is 15.6. The normalized spacial score (nSPS) is 14.8. The third-order valence-electron chi connectivity index (χ3n) is 3.13. The van der Waals surface area contributed by atoms with Gasteiger partial charge in [-0.3, -0.25) is 19.7 Å². The first-order valence-electron chi connectivity index (χ1n) is 6.21. The van der Waals surface area contributed by atoms with Crippen molar-refractivity contribution in [3.63, 3.8) is 0 Å². The van der Waals surface area contributed by atoms with Gasteiger partial charge in [0.25, 0.3) is 5.69 Å². The predicted molar refractivity (Wildman–Crippen MR) is 73.7 cm³/mol. The summed E-state index contributed by atoms with van der Waals surface area (Å²) in [5.74, 6) is -1.11. The van der Waals surface area contributed by atoms with Crippen LogP contribution in [0.2, 0.25) is 0 Å². The Hall–Kier alpha value is -2.68. The highest BCUT2D eigenvalue weighted by Crippen LogP contribution is 2.34. The lowest BCUT2D eigenvalue weighted by molar-refractivity contribution is -0.383. The van der Waals surface area contributed by atoms with Gasteiger partial charge >= 0.3 is 0 Å². The van der Waals surface area contributed by atoms with Gasteiger partial charge in [0.05, 0.1) is 17.2 Å². The highest BCUT2D eigenvalue weighted by molar-refractivity contribution is 5.95. The first-order valence-corrected chi connectivity index (χ1v) is 6.21. The van der Waals surface area contributed by atoms with Gasteiger partial charge in [-0.15, -0.1) is 0 Å². The van der Waals surface area contributed by atoms with Gasteiger partial charge in [-0.05, 0) is 18.1 Å². The fourth-order valence-corrected chi connectivity index (χ4v) is 2.02. The molecule has 2 amide bonds. The molecule has 0 saturated heterocycles. The summed E-state index contributed by atoms with van der Waals surface area (Å²) in [4.78, 5) is 32.5. The summed E-state index contributed by atoms with van der Waals surface area (Å²) >= 11 is 0. The van der Waals surface area contributed by atoms with E-state index >= 15 is 0 Å². The minimum Gasteiger partial charge on any atom is -0.381 e. The molecule has 1 unspecified atom stereocenters. The maximum absolute atomic E-state index is 11.3. The van der Waals surface area contributed by atoms with Crippen molar-refractivity contribution >= 4 is 28.9 Å². The third-order valence-corrected chi connectivity index (χ3v) is 3.13. The summed E-state index contributed by atoms with van der Waals surface area (Å²) in [5.41, 5.74) is 5.97. The van der Waals surface area contributed by atoms with Crippen LogP contribution in [0.4, 0.5) is 17.1 Å². The molecule has 112 valence electrons. The number of nitrogens with zero attached hydrogens (tertiary/aromatic N) is 1. The minimum atomic E-state index is -1.44. The van der Waals surface area contributed by atoms with Crippen LogP contribution in [0.15, 0.2) is 12.1 Å². The molecule has 1 aliphatic rings. The molecule has 2 rings (SSSR count). The molecule has 0 bridgehead atoms. The number of aliphatic hydroxyl groups is 1. The summed E-state index contributed by atoms with van der Waals surface area (Å²) in [6.45, 7) is -0.235. The number of nitro groups is 1.